The van der Waals surface area contributed by atoms with Crippen LogP contribution in [0.2, 0.25) is 0 Å². The van der Waals surface area contributed by atoms with Gasteiger partial charge in [-0.2, -0.15) is 26.3 Å². The topological polar surface area (TPSA) is 55.4 Å². The second kappa shape index (κ2) is 6.52. The molecule has 124 valence electrons. The average molecular weight is 323 g/mol. The van der Waals surface area contributed by atoms with E-state index in [4.69, 9.17) is 0 Å². The molecule has 0 heterocycles. The van der Waals surface area contributed by atoms with Crippen molar-refractivity contribution in [1.29, 1.82) is 0 Å². The molecule has 1 amide bonds. The summed E-state index contributed by atoms with van der Waals surface area (Å²) in [5.41, 5.74) is -1.96. The van der Waals surface area contributed by atoms with Crippen LogP contribution >= 0.6 is 0 Å². The monoisotopic (exact) mass is 323 g/mol. The van der Waals surface area contributed by atoms with E-state index in [0.717, 1.165) is 14.0 Å². The summed E-state index contributed by atoms with van der Waals surface area (Å²) < 4.78 is 78.8. The summed E-state index contributed by atoms with van der Waals surface area (Å²) in [4.78, 5) is 22.9. The zero-order valence-electron chi connectivity index (χ0n) is 11.5. The zero-order chi connectivity index (χ0) is 17.1. The molecule has 0 spiro atoms. The lowest BCUT2D eigenvalue weighted by Gasteiger charge is -2.30. The fraction of sp³-hybridized carbons (Fsp3) is 0.818. The molecule has 0 radical (unpaired) electrons. The summed E-state index contributed by atoms with van der Waals surface area (Å²) in [7, 11) is 0.910. The minimum atomic E-state index is -5.81. The number of carbonyl (C=O) groups excluding carboxylic acids is 2. The summed E-state index contributed by atoms with van der Waals surface area (Å²) in [6.45, 7) is 2.54. The Morgan fingerprint density at radius 3 is 1.81 bits per heavy atom. The number of methoxy groups -OCH3 is 1. The van der Waals surface area contributed by atoms with Crippen LogP contribution in [0.15, 0.2) is 0 Å². The van der Waals surface area contributed by atoms with Crippen molar-refractivity contribution in [3.05, 3.63) is 0 Å². The van der Waals surface area contributed by atoms with Crippen LogP contribution in [-0.4, -0.2) is 36.9 Å². The van der Waals surface area contributed by atoms with Gasteiger partial charge in [-0.15, -0.1) is 0 Å². The van der Waals surface area contributed by atoms with E-state index in [1.165, 1.54) is 5.32 Å². The minimum absolute atomic E-state index is 0.173. The Balaban J connectivity index is 5.43. The highest BCUT2D eigenvalue weighted by atomic mass is 19.4. The van der Waals surface area contributed by atoms with E-state index >= 15 is 0 Å². The van der Waals surface area contributed by atoms with Crippen LogP contribution in [0, 0.1) is 5.92 Å². The molecule has 4 nitrogen and oxygen atoms in total. The van der Waals surface area contributed by atoms with Gasteiger partial charge in [-0.25, -0.2) is 4.79 Å². The number of hydrogen-bond donors (Lipinski definition) is 1. The number of esters is 1. The van der Waals surface area contributed by atoms with Gasteiger partial charge in [0.05, 0.1) is 7.11 Å². The third kappa shape index (κ3) is 5.09. The Morgan fingerprint density at radius 2 is 1.52 bits per heavy atom. The summed E-state index contributed by atoms with van der Waals surface area (Å²) in [5, 5.41) is 1.50. The number of hydrogen-bond acceptors (Lipinski definition) is 3. The number of halogens is 6. The molecule has 10 heteroatoms. The SMILES string of the molecule is CCCC(C)(NC(=O)C(C(F)(F)F)C(F)(F)F)C(=O)OC. The van der Waals surface area contributed by atoms with Gasteiger partial charge in [0.1, 0.15) is 5.54 Å². The predicted octanol–water partition coefficient (Wildman–Crippen LogP) is 2.58. The molecule has 1 atom stereocenters. The van der Waals surface area contributed by atoms with Gasteiger partial charge in [0.25, 0.3) is 0 Å². The van der Waals surface area contributed by atoms with Crippen molar-refractivity contribution in [3.8, 4) is 0 Å². The summed E-state index contributed by atoms with van der Waals surface area (Å²) >= 11 is 0. The minimum Gasteiger partial charge on any atom is -0.467 e. The molecule has 1 N–H and O–H groups in total. The molecular weight excluding hydrogens is 308 g/mol. The zero-order valence-corrected chi connectivity index (χ0v) is 11.5. The Bertz CT molecular complexity index is 378. The molecule has 0 aliphatic carbocycles. The van der Waals surface area contributed by atoms with E-state index < -0.39 is 35.7 Å². The molecule has 0 fully saturated rings. The van der Waals surface area contributed by atoms with E-state index in [1.54, 1.807) is 6.92 Å². The molecule has 0 aliphatic rings. The highest BCUT2D eigenvalue weighted by Crippen LogP contribution is 2.39. The summed E-state index contributed by atoms with van der Waals surface area (Å²) in [6, 6.07) is 0. The highest BCUT2D eigenvalue weighted by Gasteiger charge is 2.62. The molecule has 0 rings (SSSR count). The number of carbonyl (C=O) groups is 2. The quantitative estimate of drug-likeness (QED) is 0.625. The van der Waals surface area contributed by atoms with Crippen molar-refractivity contribution < 1.29 is 40.7 Å². The maximum Gasteiger partial charge on any atom is 0.409 e. The molecule has 0 aromatic carbocycles. The Kier molecular flexibility index (Phi) is 6.06. The van der Waals surface area contributed by atoms with Gasteiger partial charge in [-0.1, -0.05) is 13.3 Å². The number of ether oxygens (including phenoxy) is 1. The lowest BCUT2D eigenvalue weighted by atomic mass is 9.94. The number of nitrogens with one attached hydrogen (secondary N) is 1. The lowest BCUT2D eigenvalue weighted by molar-refractivity contribution is -0.274. The van der Waals surface area contributed by atoms with Crippen LogP contribution < -0.4 is 5.32 Å². The standard InChI is InChI=1S/C11H15F6NO3/c1-4-5-9(2,8(20)21-3)18-7(19)6(10(12,13)14)11(15,16)17/h6H,4-5H2,1-3H3,(H,18,19). The molecule has 0 bridgehead atoms. The predicted molar refractivity (Wildman–Crippen MR) is 59.1 cm³/mol. The molecule has 0 saturated carbocycles. The molecular formula is C11H15F6NO3. The second-order valence-corrected chi connectivity index (χ2v) is 4.58. The van der Waals surface area contributed by atoms with Crippen LogP contribution in [0.4, 0.5) is 26.3 Å². The van der Waals surface area contributed by atoms with Crippen LogP contribution in [0.3, 0.4) is 0 Å². The van der Waals surface area contributed by atoms with Gasteiger partial charge < -0.3 is 10.1 Å². The lowest BCUT2D eigenvalue weighted by Crippen LogP contribution is -2.58. The first-order valence-corrected chi connectivity index (χ1v) is 5.83. The highest BCUT2D eigenvalue weighted by molar-refractivity contribution is 5.89. The van der Waals surface area contributed by atoms with Crippen molar-refractivity contribution in [3.63, 3.8) is 0 Å². The van der Waals surface area contributed by atoms with E-state index in [0.29, 0.717) is 0 Å². The van der Waals surface area contributed by atoms with Crippen LogP contribution in [0.1, 0.15) is 26.7 Å². The van der Waals surface area contributed by atoms with Crippen LogP contribution in [0.25, 0.3) is 0 Å². The Morgan fingerprint density at radius 1 is 1.10 bits per heavy atom. The molecule has 0 aromatic heterocycles. The van der Waals surface area contributed by atoms with Gasteiger partial charge in [-0.05, 0) is 13.3 Å². The van der Waals surface area contributed by atoms with Crippen molar-refractivity contribution in [1.82, 2.24) is 5.32 Å². The molecule has 0 aliphatic heterocycles. The van der Waals surface area contributed by atoms with Gasteiger partial charge in [0, 0.05) is 0 Å². The van der Waals surface area contributed by atoms with Gasteiger partial charge in [0.2, 0.25) is 11.8 Å². The fourth-order valence-corrected chi connectivity index (χ4v) is 1.77. The van der Waals surface area contributed by atoms with E-state index in [9.17, 15) is 35.9 Å². The van der Waals surface area contributed by atoms with Gasteiger partial charge in [-0.3, -0.25) is 4.79 Å². The molecule has 1 unspecified atom stereocenters. The van der Waals surface area contributed by atoms with Crippen molar-refractivity contribution in [2.75, 3.05) is 7.11 Å². The first-order chi connectivity index (χ1) is 9.29. The molecule has 0 saturated heterocycles. The van der Waals surface area contributed by atoms with Crippen LogP contribution in [-0.2, 0) is 14.3 Å². The first-order valence-electron chi connectivity index (χ1n) is 5.83. The second-order valence-electron chi connectivity index (χ2n) is 4.58. The third-order valence-corrected chi connectivity index (χ3v) is 2.70. The Hall–Kier alpha value is -1.48. The van der Waals surface area contributed by atoms with E-state index in [1.807, 2.05) is 0 Å². The van der Waals surface area contributed by atoms with Crippen molar-refractivity contribution >= 4 is 11.9 Å². The normalized spacial score (nSPS) is 15.5. The largest absolute Gasteiger partial charge is 0.467 e. The molecule has 21 heavy (non-hydrogen) atoms. The first kappa shape index (κ1) is 19.5. The van der Waals surface area contributed by atoms with E-state index in [-0.39, 0.29) is 12.8 Å². The molecule has 0 aromatic rings. The van der Waals surface area contributed by atoms with Crippen LogP contribution in [0.5, 0.6) is 0 Å². The smallest absolute Gasteiger partial charge is 0.409 e. The average Bonchev–Trinajstić information content (AvgIpc) is 2.23. The summed E-state index contributed by atoms with van der Waals surface area (Å²) in [5.74, 6) is -7.66. The van der Waals surface area contributed by atoms with Crippen molar-refractivity contribution in [2.24, 2.45) is 5.92 Å². The number of alkyl halides is 6. The van der Waals surface area contributed by atoms with Gasteiger partial charge >= 0.3 is 18.3 Å². The number of rotatable bonds is 5. The fourth-order valence-electron chi connectivity index (χ4n) is 1.77. The van der Waals surface area contributed by atoms with E-state index in [2.05, 4.69) is 4.74 Å². The van der Waals surface area contributed by atoms with Crippen molar-refractivity contribution in [2.45, 2.75) is 44.6 Å². The maximum atomic E-state index is 12.4. The Labute approximate surface area is 116 Å². The number of amides is 1. The van der Waals surface area contributed by atoms with Gasteiger partial charge in [0.15, 0.2) is 0 Å². The maximum absolute atomic E-state index is 12.4. The third-order valence-electron chi connectivity index (χ3n) is 2.70. The summed E-state index contributed by atoms with van der Waals surface area (Å²) in [6.07, 6.45) is -11.6.